The molecule has 0 aliphatic heterocycles. The SMILES string of the molecule is Cc1ccc(C(=O)N/N=C\c2cc(Br)ccc2OCC(=O)O)c(Cl)c1. The van der Waals surface area contributed by atoms with Gasteiger partial charge in [0.25, 0.3) is 5.91 Å². The van der Waals surface area contributed by atoms with Crippen LogP contribution in [0.1, 0.15) is 21.5 Å². The minimum Gasteiger partial charge on any atom is -0.481 e. The van der Waals surface area contributed by atoms with Crippen molar-refractivity contribution >= 4 is 45.6 Å². The number of hydrogen-bond donors (Lipinski definition) is 2. The van der Waals surface area contributed by atoms with Crippen molar-refractivity contribution in [1.29, 1.82) is 0 Å². The minimum atomic E-state index is -1.09. The Morgan fingerprint density at radius 2 is 2.08 bits per heavy atom. The second-order valence-electron chi connectivity index (χ2n) is 5.05. The highest BCUT2D eigenvalue weighted by molar-refractivity contribution is 9.10. The van der Waals surface area contributed by atoms with Gasteiger partial charge in [-0.05, 0) is 42.8 Å². The van der Waals surface area contributed by atoms with Gasteiger partial charge in [0.1, 0.15) is 5.75 Å². The number of benzene rings is 2. The van der Waals surface area contributed by atoms with Crippen molar-refractivity contribution in [2.75, 3.05) is 6.61 Å². The predicted octanol–water partition coefficient (Wildman–Crippen LogP) is 3.64. The van der Waals surface area contributed by atoms with Crippen LogP contribution < -0.4 is 10.2 Å². The molecule has 25 heavy (non-hydrogen) atoms. The van der Waals surface area contributed by atoms with Crippen LogP contribution in [0, 0.1) is 6.92 Å². The number of hydrazone groups is 1. The predicted molar refractivity (Wildman–Crippen MR) is 98.5 cm³/mol. The molecule has 1 amide bonds. The Morgan fingerprint density at radius 3 is 2.76 bits per heavy atom. The van der Waals surface area contributed by atoms with Gasteiger partial charge in [-0.1, -0.05) is 33.6 Å². The fourth-order valence-corrected chi connectivity index (χ4v) is 2.62. The number of nitrogens with one attached hydrogen (secondary N) is 1. The summed E-state index contributed by atoms with van der Waals surface area (Å²) < 4.78 is 5.94. The Kier molecular flexibility index (Phi) is 6.55. The second kappa shape index (κ2) is 8.64. The van der Waals surface area contributed by atoms with Crippen LogP contribution in [-0.2, 0) is 4.79 Å². The van der Waals surface area contributed by atoms with Crippen LogP contribution in [0.3, 0.4) is 0 Å². The van der Waals surface area contributed by atoms with Gasteiger partial charge in [0.2, 0.25) is 0 Å². The van der Waals surface area contributed by atoms with Gasteiger partial charge >= 0.3 is 5.97 Å². The number of ether oxygens (including phenoxy) is 1. The summed E-state index contributed by atoms with van der Waals surface area (Å²) in [6.45, 7) is 1.39. The number of hydrogen-bond acceptors (Lipinski definition) is 4. The van der Waals surface area contributed by atoms with E-state index in [1.165, 1.54) is 6.21 Å². The Morgan fingerprint density at radius 1 is 1.32 bits per heavy atom. The van der Waals surface area contributed by atoms with Crippen LogP contribution in [0.25, 0.3) is 0 Å². The van der Waals surface area contributed by atoms with E-state index in [0.29, 0.717) is 21.9 Å². The molecule has 6 nitrogen and oxygen atoms in total. The van der Waals surface area contributed by atoms with E-state index < -0.39 is 18.5 Å². The number of aliphatic carboxylic acids is 1. The number of aryl methyl sites for hydroxylation is 1. The van der Waals surface area contributed by atoms with E-state index in [4.69, 9.17) is 21.4 Å². The first kappa shape index (κ1) is 19.0. The lowest BCUT2D eigenvalue weighted by Gasteiger charge is -2.07. The Hall–Kier alpha value is -2.38. The highest BCUT2D eigenvalue weighted by Gasteiger charge is 2.10. The summed E-state index contributed by atoms with van der Waals surface area (Å²) in [5, 5.41) is 12.9. The molecule has 0 aliphatic rings. The zero-order valence-corrected chi connectivity index (χ0v) is 15.5. The standard InChI is InChI=1S/C17H14BrClN2O4/c1-10-2-4-13(14(19)6-10)17(24)21-20-8-11-7-12(18)3-5-15(11)25-9-16(22)23/h2-8H,9H2,1H3,(H,21,24)(H,22,23)/b20-8-. The van der Waals surface area contributed by atoms with Crippen LogP contribution in [-0.4, -0.2) is 29.8 Å². The molecule has 0 radical (unpaired) electrons. The molecule has 0 fully saturated rings. The van der Waals surface area contributed by atoms with E-state index in [2.05, 4.69) is 26.5 Å². The highest BCUT2D eigenvalue weighted by Crippen LogP contribution is 2.22. The molecule has 2 aromatic carbocycles. The quantitative estimate of drug-likeness (QED) is 0.546. The van der Waals surface area contributed by atoms with Crippen molar-refractivity contribution in [3.8, 4) is 5.75 Å². The fraction of sp³-hybridized carbons (Fsp3) is 0.118. The first-order chi connectivity index (χ1) is 11.9. The number of carbonyl (C=O) groups is 2. The smallest absolute Gasteiger partial charge is 0.341 e. The molecule has 130 valence electrons. The normalized spacial score (nSPS) is 10.7. The third kappa shape index (κ3) is 5.58. The van der Waals surface area contributed by atoms with Crippen molar-refractivity contribution in [2.24, 2.45) is 5.10 Å². The number of amides is 1. The average Bonchev–Trinajstić information content (AvgIpc) is 2.53. The third-order valence-corrected chi connectivity index (χ3v) is 3.87. The second-order valence-corrected chi connectivity index (χ2v) is 6.37. The van der Waals surface area contributed by atoms with Crippen LogP contribution in [0.2, 0.25) is 5.02 Å². The molecule has 0 unspecified atom stereocenters. The number of carboxylic acids is 1. The van der Waals surface area contributed by atoms with E-state index in [9.17, 15) is 9.59 Å². The summed E-state index contributed by atoms with van der Waals surface area (Å²) in [5.74, 6) is -1.21. The molecule has 2 aromatic rings. The van der Waals surface area contributed by atoms with Crippen molar-refractivity contribution < 1.29 is 19.4 Å². The highest BCUT2D eigenvalue weighted by atomic mass is 79.9. The summed E-state index contributed by atoms with van der Waals surface area (Å²) in [7, 11) is 0. The van der Waals surface area contributed by atoms with E-state index >= 15 is 0 Å². The summed E-state index contributed by atoms with van der Waals surface area (Å²) in [4.78, 5) is 22.7. The largest absolute Gasteiger partial charge is 0.481 e. The number of rotatable bonds is 6. The molecule has 0 spiro atoms. The van der Waals surface area contributed by atoms with E-state index in [1.807, 2.05) is 6.92 Å². The molecule has 0 saturated carbocycles. The van der Waals surface area contributed by atoms with Gasteiger partial charge in [0.05, 0.1) is 16.8 Å². The number of nitrogens with zero attached hydrogens (tertiary/aromatic N) is 1. The van der Waals surface area contributed by atoms with Gasteiger partial charge in [0, 0.05) is 10.0 Å². The lowest BCUT2D eigenvalue weighted by molar-refractivity contribution is -0.139. The number of carboxylic acid groups (broad SMARTS) is 1. The maximum absolute atomic E-state index is 12.1. The van der Waals surface area contributed by atoms with Crippen molar-refractivity contribution in [2.45, 2.75) is 6.92 Å². The molecule has 2 rings (SSSR count). The molecule has 0 aliphatic carbocycles. The Balaban J connectivity index is 2.11. The summed E-state index contributed by atoms with van der Waals surface area (Å²) >= 11 is 9.35. The third-order valence-electron chi connectivity index (χ3n) is 3.06. The zero-order chi connectivity index (χ0) is 18.4. The molecular formula is C17H14BrClN2O4. The Labute approximate surface area is 157 Å². The minimum absolute atomic E-state index is 0.306. The van der Waals surface area contributed by atoms with Crippen LogP contribution in [0.15, 0.2) is 46.0 Å². The van der Waals surface area contributed by atoms with Crippen LogP contribution in [0.5, 0.6) is 5.75 Å². The number of carbonyl (C=O) groups excluding carboxylic acids is 1. The van der Waals surface area contributed by atoms with Crippen molar-refractivity contribution in [3.05, 3.63) is 62.6 Å². The molecule has 8 heteroatoms. The fourth-order valence-electron chi connectivity index (χ4n) is 1.92. The monoisotopic (exact) mass is 424 g/mol. The topological polar surface area (TPSA) is 88.0 Å². The number of halogens is 2. The molecule has 2 N–H and O–H groups in total. The first-order valence-corrected chi connectivity index (χ1v) is 8.27. The average molecular weight is 426 g/mol. The van der Waals surface area contributed by atoms with Gasteiger partial charge < -0.3 is 9.84 Å². The van der Waals surface area contributed by atoms with Gasteiger partial charge in [0.15, 0.2) is 6.61 Å². The molecule has 0 aromatic heterocycles. The van der Waals surface area contributed by atoms with E-state index in [1.54, 1.807) is 36.4 Å². The van der Waals surface area contributed by atoms with Crippen molar-refractivity contribution in [3.63, 3.8) is 0 Å². The molecule has 0 atom stereocenters. The Bertz CT molecular complexity index is 839. The van der Waals surface area contributed by atoms with Gasteiger partial charge in [-0.15, -0.1) is 0 Å². The lowest BCUT2D eigenvalue weighted by Crippen LogP contribution is -2.18. The van der Waals surface area contributed by atoms with E-state index in [-0.39, 0.29) is 0 Å². The van der Waals surface area contributed by atoms with Crippen molar-refractivity contribution in [1.82, 2.24) is 5.43 Å². The van der Waals surface area contributed by atoms with Gasteiger partial charge in [-0.2, -0.15) is 5.10 Å². The summed E-state index contributed by atoms with van der Waals surface area (Å²) in [6.07, 6.45) is 1.36. The molecule has 0 saturated heterocycles. The lowest BCUT2D eigenvalue weighted by atomic mass is 10.1. The maximum Gasteiger partial charge on any atom is 0.341 e. The maximum atomic E-state index is 12.1. The molecular weight excluding hydrogens is 412 g/mol. The van der Waals surface area contributed by atoms with Gasteiger partial charge in [-0.25, -0.2) is 10.2 Å². The molecule has 0 bridgehead atoms. The zero-order valence-electron chi connectivity index (χ0n) is 13.1. The first-order valence-electron chi connectivity index (χ1n) is 7.10. The summed E-state index contributed by atoms with van der Waals surface area (Å²) in [5.41, 5.74) is 4.13. The van der Waals surface area contributed by atoms with Crippen LogP contribution >= 0.6 is 27.5 Å². The summed E-state index contributed by atoms with van der Waals surface area (Å²) in [6, 6.07) is 10.1. The molecule has 0 heterocycles. The van der Waals surface area contributed by atoms with E-state index in [0.717, 1.165) is 10.0 Å². The van der Waals surface area contributed by atoms with Crippen LogP contribution in [0.4, 0.5) is 0 Å². The van der Waals surface area contributed by atoms with Gasteiger partial charge in [-0.3, -0.25) is 4.79 Å².